The van der Waals surface area contributed by atoms with E-state index in [9.17, 15) is 8.78 Å². The molecule has 1 aromatic rings. The van der Waals surface area contributed by atoms with Crippen LogP contribution >= 0.6 is 0 Å². The third-order valence-corrected chi connectivity index (χ3v) is 3.97. The fraction of sp³-hybridized carbons (Fsp3) is 0.600. The van der Waals surface area contributed by atoms with Crippen molar-refractivity contribution in [1.29, 1.82) is 0 Å². The Kier molecular flexibility index (Phi) is 4.70. The molecular weight excluding hydrogens is 232 g/mol. The molecule has 0 aliphatic heterocycles. The molecule has 0 bridgehead atoms. The lowest BCUT2D eigenvalue weighted by atomic mass is 9.84. The highest BCUT2D eigenvalue weighted by molar-refractivity contribution is 5.18. The molecule has 0 radical (unpaired) electrons. The van der Waals surface area contributed by atoms with Crippen LogP contribution in [0.5, 0.6) is 0 Å². The van der Waals surface area contributed by atoms with Crippen LogP contribution in [0.25, 0.3) is 0 Å². The number of hydrogen-bond acceptors (Lipinski definition) is 1. The molecule has 2 unspecified atom stereocenters. The zero-order valence-corrected chi connectivity index (χ0v) is 10.9. The molecule has 1 nitrogen and oxygen atoms in total. The van der Waals surface area contributed by atoms with Crippen LogP contribution in [0, 0.1) is 17.6 Å². The summed E-state index contributed by atoms with van der Waals surface area (Å²) in [6, 6.07) is 4.81. The molecular formula is C15H21F2N. The van der Waals surface area contributed by atoms with Gasteiger partial charge in [0.2, 0.25) is 0 Å². The Labute approximate surface area is 108 Å². The zero-order chi connectivity index (χ0) is 13.0. The molecule has 18 heavy (non-hydrogen) atoms. The molecule has 0 heterocycles. The highest BCUT2D eigenvalue weighted by Gasteiger charge is 2.20. The van der Waals surface area contributed by atoms with Crippen molar-refractivity contribution in [3.63, 3.8) is 0 Å². The lowest BCUT2D eigenvalue weighted by molar-refractivity contribution is 0.277. The Morgan fingerprint density at radius 2 is 2.11 bits per heavy atom. The van der Waals surface area contributed by atoms with E-state index in [0.29, 0.717) is 18.2 Å². The summed E-state index contributed by atoms with van der Waals surface area (Å²) in [5.74, 6) is -0.689. The fourth-order valence-electron chi connectivity index (χ4n) is 2.79. The summed E-state index contributed by atoms with van der Waals surface area (Å²) in [6.07, 6.45) is 6.07. The topological polar surface area (TPSA) is 12.0 Å². The van der Waals surface area contributed by atoms with Gasteiger partial charge in [0.05, 0.1) is 0 Å². The second-order valence-electron chi connectivity index (χ2n) is 5.23. The van der Waals surface area contributed by atoms with Gasteiger partial charge in [-0.25, -0.2) is 8.78 Å². The summed E-state index contributed by atoms with van der Waals surface area (Å²) >= 11 is 0. The number of rotatable bonds is 4. The van der Waals surface area contributed by atoms with E-state index in [1.807, 2.05) is 0 Å². The Morgan fingerprint density at radius 1 is 1.28 bits per heavy atom. The van der Waals surface area contributed by atoms with Crippen LogP contribution < -0.4 is 5.32 Å². The smallest absolute Gasteiger partial charge is 0.163 e. The normalized spacial score (nSPS) is 24.2. The Morgan fingerprint density at radius 3 is 2.89 bits per heavy atom. The van der Waals surface area contributed by atoms with Crippen molar-refractivity contribution in [1.82, 2.24) is 5.32 Å². The average molecular weight is 253 g/mol. The second kappa shape index (κ2) is 6.28. The summed E-state index contributed by atoms with van der Waals surface area (Å²) in [4.78, 5) is 0. The third-order valence-electron chi connectivity index (χ3n) is 3.97. The van der Waals surface area contributed by atoms with Crippen LogP contribution in [0.4, 0.5) is 8.78 Å². The van der Waals surface area contributed by atoms with Gasteiger partial charge in [-0.15, -0.1) is 0 Å². The number of nitrogens with one attached hydrogen (secondary N) is 1. The summed E-state index contributed by atoms with van der Waals surface area (Å²) in [5, 5.41) is 3.36. The standard InChI is InChI=1S/C15H21F2N/c1-2-11-5-3-7-13(9-11)18-10-12-6-4-8-14(16)15(12)17/h4,6,8,11,13,18H,2-3,5,7,9-10H2,1H3. The molecule has 1 saturated carbocycles. The molecule has 1 aromatic carbocycles. The van der Waals surface area contributed by atoms with Gasteiger partial charge < -0.3 is 5.32 Å². The van der Waals surface area contributed by atoms with E-state index >= 15 is 0 Å². The van der Waals surface area contributed by atoms with Crippen LogP contribution in [-0.4, -0.2) is 6.04 Å². The predicted octanol–water partition coefficient (Wildman–Crippen LogP) is 4.02. The molecule has 0 spiro atoms. The van der Waals surface area contributed by atoms with Gasteiger partial charge in [0.1, 0.15) is 0 Å². The number of halogens is 2. The predicted molar refractivity (Wildman–Crippen MR) is 69.2 cm³/mol. The van der Waals surface area contributed by atoms with Gasteiger partial charge in [-0.3, -0.25) is 0 Å². The van der Waals surface area contributed by atoms with Crippen LogP contribution in [0.3, 0.4) is 0 Å². The van der Waals surface area contributed by atoms with Gasteiger partial charge in [-0.05, 0) is 24.8 Å². The Balaban J connectivity index is 1.89. The van der Waals surface area contributed by atoms with Gasteiger partial charge in [-0.1, -0.05) is 38.3 Å². The van der Waals surface area contributed by atoms with Crippen molar-refractivity contribution in [3.8, 4) is 0 Å². The van der Waals surface area contributed by atoms with E-state index < -0.39 is 11.6 Å². The molecule has 1 aliphatic rings. The lowest BCUT2D eigenvalue weighted by Crippen LogP contribution is -2.33. The first kappa shape index (κ1) is 13.5. The van der Waals surface area contributed by atoms with Crippen LogP contribution in [0.2, 0.25) is 0 Å². The summed E-state index contributed by atoms with van der Waals surface area (Å²) < 4.78 is 26.5. The van der Waals surface area contributed by atoms with Crippen LogP contribution in [-0.2, 0) is 6.54 Å². The van der Waals surface area contributed by atoms with Crippen molar-refractivity contribution >= 4 is 0 Å². The second-order valence-corrected chi connectivity index (χ2v) is 5.23. The largest absolute Gasteiger partial charge is 0.310 e. The Hall–Kier alpha value is -0.960. The number of benzene rings is 1. The molecule has 0 saturated heterocycles. The first-order chi connectivity index (χ1) is 8.70. The number of hydrogen-bond donors (Lipinski definition) is 1. The van der Waals surface area contributed by atoms with E-state index in [2.05, 4.69) is 12.2 Å². The van der Waals surface area contributed by atoms with Crippen molar-refractivity contribution in [2.24, 2.45) is 5.92 Å². The summed E-state index contributed by atoms with van der Waals surface area (Å²) in [5.41, 5.74) is 0.425. The quantitative estimate of drug-likeness (QED) is 0.854. The SMILES string of the molecule is CCC1CCCC(NCc2cccc(F)c2F)C1. The van der Waals surface area contributed by atoms with Gasteiger partial charge in [-0.2, -0.15) is 0 Å². The minimum absolute atomic E-state index is 0.421. The highest BCUT2D eigenvalue weighted by atomic mass is 19.2. The van der Waals surface area contributed by atoms with Crippen molar-refractivity contribution in [2.45, 2.75) is 51.6 Å². The van der Waals surface area contributed by atoms with E-state index in [1.54, 1.807) is 12.1 Å². The van der Waals surface area contributed by atoms with Crippen molar-refractivity contribution in [2.75, 3.05) is 0 Å². The maximum Gasteiger partial charge on any atom is 0.163 e. The first-order valence-electron chi connectivity index (χ1n) is 6.87. The maximum atomic E-state index is 13.5. The first-order valence-corrected chi connectivity index (χ1v) is 6.87. The van der Waals surface area contributed by atoms with Gasteiger partial charge in [0.15, 0.2) is 11.6 Å². The molecule has 1 fully saturated rings. The van der Waals surface area contributed by atoms with Crippen LogP contribution in [0.1, 0.15) is 44.6 Å². The third kappa shape index (κ3) is 3.29. The molecule has 2 atom stereocenters. The molecule has 0 amide bonds. The van der Waals surface area contributed by atoms with E-state index in [-0.39, 0.29) is 0 Å². The molecule has 100 valence electrons. The average Bonchev–Trinajstić information content (AvgIpc) is 2.41. The Bertz CT molecular complexity index is 392. The van der Waals surface area contributed by atoms with E-state index in [4.69, 9.17) is 0 Å². The molecule has 3 heteroatoms. The molecule has 1 aliphatic carbocycles. The van der Waals surface area contributed by atoms with Gasteiger partial charge in [0, 0.05) is 18.2 Å². The van der Waals surface area contributed by atoms with Crippen LogP contribution in [0.15, 0.2) is 18.2 Å². The molecule has 1 N–H and O–H groups in total. The minimum atomic E-state index is -0.760. The fourth-order valence-corrected chi connectivity index (χ4v) is 2.79. The maximum absolute atomic E-state index is 13.5. The summed E-state index contributed by atoms with van der Waals surface area (Å²) in [7, 11) is 0. The lowest BCUT2D eigenvalue weighted by Gasteiger charge is -2.29. The minimum Gasteiger partial charge on any atom is -0.310 e. The van der Waals surface area contributed by atoms with Crippen molar-refractivity contribution in [3.05, 3.63) is 35.4 Å². The van der Waals surface area contributed by atoms with E-state index in [0.717, 1.165) is 24.8 Å². The summed E-state index contributed by atoms with van der Waals surface area (Å²) in [6.45, 7) is 2.64. The van der Waals surface area contributed by atoms with Crippen molar-refractivity contribution < 1.29 is 8.78 Å². The zero-order valence-electron chi connectivity index (χ0n) is 10.9. The van der Waals surface area contributed by atoms with Gasteiger partial charge >= 0.3 is 0 Å². The van der Waals surface area contributed by atoms with E-state index in [1.165, 1.54) is 19.3 Å². The molecule has 0 aromatic heterocycles. The monoisotopic (exact) mass is 253 g/mol. The highest BCUT2D eigenvalue weighted by Crippen LogP contribution is 2.26. The molecule has 2 rings (SSSR count). The van der Waals surface area contributed by atoms with Gasteiger partial charge in [0.25, 0.3) is 0 Å².